The molecule has 0 aliphatic carbocycles. The first-order valence-electron chi connectivity index (χ1n) is 6.30. The number of halogens is 1. The summed E-state index contributed by atoms with van der Waals surface area (Å²) in [5.74, 6) is 2.16. The molecule has 0 aliphatic rings. The molecule has 0 amide bonds. The molecule has 102 valence electrons. The van der Waals surface area contributed by atoms with Gasteiger partial charge in [0.1, 0.15) is 29.1 Å². The first-order valence-corrected chi connectivity index (χ1v) is 6.67. The van der Waals surface area contributed by atoms with E-state index in [1.165, 1.54) is 6.33 Å². The van der Waals surface area contributed by atoms with Crippen molar-refractivity contribution < 1.29 is 4.42 Å². The van der Waals surface area contributed by atoms with Gasteiger partial charge in [0.25, 0.3) is 0 Å². The molecule has 1 N–H and O–H groups in total. The number of aryl methyl sites for hydroxylation is 1. The van der Waals surface area contributed by atoms with E-state index in [2.05, 4.69) is 27.2 Å². The average Bonchev–Trinajstić information content (AvgIpc) is 2.80. The van der Waals surface area contributed by atoms with E-state index >= 15 is 0 Å². The molecule has 2 aromatic rings. The Kier molecular flexibility index (Phi) is 4.37. The zero-order valence-corrected chi connectivity index (χ0v) is 12.0. The highest BCUT2D eigenvalue weighted by Crippen LogP contribution is 2.25. The number of oxazole rings is 1. The van der Waals surface area contributed by atoms with Gasteiger partial charge >= 0.3 is 0 Å². The summed E-state index contributed by atoms with van der Waals surface area (Å²) in [6.45, 7) is 5.93. The molecule has 0 radical (unpaired) electrons. The first kappa shape index (κ1) is 13.8. The van der Waals surface area contributed by atoms with Crippen LogP contribution in [0.15, 0.2) is 16.9 Å². The predicted molar refractivity (Wildman–Crippen MR) is 74.3 cm³/mol. The maximum absolute atomic E-state index is 6.11. The Morgan fingerprint density at radius 3 is 2.79 bits per heavy atom. The smallest absolute Gasteiger partial charge is 0.216 e. The minimum atomic E-state index is -0.0738. The Morgan fingerprint density at radius 1 is 1.37 bits per heavy atom. The molecule has 0 fully saturated rings. The zero-order valence-electron chi connectivity index (χ0n) is 11.3. The van der Waals surface area contributed by atoms with Crippen LogP contribution < -0.4 is 5.32 Å². The second-order valence-electron chi connectivity index (χ2n) is 4.42. The molecule has 0 saturated heterocycles. The van der Waals surface area contributed by atoms with Gasteiger partial charge in [-0.25, -0.2) is 15.0 Å². The molecule has 0 saturated carbocycles. The van der Waals surface area contributed by atoms with Crippen molar-refractivity contribution in [2.24, 2.45) is 0 Å². The second kappa shape index (κ2) is 6.02. The minimum Gasteiger partial charge on any atom is -0.444 e. The van der Waals surface area contributed by atoms with E-state index in [4.69, 9.17) is 16.0 Å². The molecular formula is C13H17ClN4O. The molecule has 5 nitrogen and oxygen atoms in total. The van der Waals surface area contributed by atoms with E-state index in [-0.39, 0.29) is 6.04 Å². The number of hydrogen-bond acceptors (Lipinski definition) is 5. The third kappa shape index (κ3) is 3.23. The Balaban J connectivity index is 2.21. The van der Waals surface area contributed by atoms with Crippen LogP contribution in [0.4, 0.5) is 5.82 Å². The monoisotopic (exact) mass is 280 g/mol. The summed E-state index contributed by atoms with van der Waals surface area (Å²) >= 11 is 6.11. The average molecular weight is 281 g/mol. The number of rotatable bonds is 5. The number of nitrogens with zero attached hydrogens (tertiary/aromatic N) is 3. The zero-order chi connectivity index (χ0) is 13.8. The van der Waals surface area contributed by atoms with Crippen molar-refractivity contribution in [1.82, 2.24) is 15.0 Å². The maximum atomic E-state index is 6.11. The Morgan fingerprint density at radius 2 is 2.16 bits per heavy atom. The molecule has 2 aromatic heterocycles. The van der Waals surface area contributed by atoms with E-state index in [1.54, 1.807) is 6.20 Å². The highest BCUT2D eigenvalue weighted by atomic mass is 35.5. The lowest BCUT2D eigenvalue weighted by atomic mass is 10.2. The van der Waals surface area contributed by atoms with Gasteiger partial charge < -0.3 is 9.73 Å². The lowest BCUT2D eigenvalue weighted by Gasteiger charge is -2.14. The molecule has 0 bridgehead atoms. The molecule has 6 heteroatoms. The fourth-order valence-electron chi connectivity index (χ4n) is 1.83. The Hall–Kier alpha value is -1.62. The van der Waals surface area contributed by atoms with Gasteiger partial charge in [-0.2, -0.15) is 0 Å². The van der Waals surface area contributed by atoms with E-state index < -0.39 is 0 Å². The number of nitrogens with one attached hydrogen (secondary N) is 1. The first-order chi connectivity index (χ1) is 9.11. The second-order valence-corrected chi connectivity index (χ2v) is 4.77. The van der Waals surface area contributed by atoms with Crippen LogP contribution in [0.25, 0.3) is 0 Å². The molecule has 0 spiro atoms. The van der Waals surface area contributed by atoms with Crippen LogP contribution in [0.1, 0.15) is 43.5 Å². The molecular weight excluding hydrogens is 264 g/mol. The third-order valence-corrected chi connectivity index (χ3v) is 3.08. The highest BCUT2D eigenvalue weighted by molar-refractivity contribution is 6.30. The van der Waals surface area contributed by atoms with Crippen LogP contribution in [0.5, 0.6) is 0 Å². The normalized spacial score (nSPS) is 12.4. The molecule has 1 atom stereocenters. The quantitative estimate of drug-likeness (QED) is 0.849. The van der Waals surface area contributed by atoms with Crippen molar-refractivity contribution in [3.8, 4) is 0 Å². The van der Waals surface area contributed by atoms with Crippen LogP contribution in [-0.2, 0) is 6.42 Å². The van der Waals surface area contributed by atoms with Crippen molar-refractivity contribution in [2.45, 2.75) is 39.7 Å². The summed E-state index contributed by atoms with van der Waals surface area (Å²) in [6.07, 6.45) is 4.97. The van der Waals surface area contributed by atoms with Crippen LogP contribution in [0.3, 0.4) is 0 Å². The van der Waals surface area contributed by atoms with Crippen molar-refractivity contribution in [3.63, 3.8) is 0 Å². The fraction of sp³-hybridized carbons (Fsp3) is 0.462. The molecule has 1 unspecified atom stereocenters. The van der Waals surface area contributed by atoms with Crippen molar-refractivity contribution in [2.75, 3.05) is 5.32 Å². The number of hydrogen-bond donors (Lipinski definition) is 1. The molecule has 2 heterocycles. The number of anilines is 1. The van der Waals surface area contributed by atoms with Gasteiger partial charge in [0.2, 0.25) is 5.89 Å². The fourth-order valence-corrected chi connectivity index (χ4v) is 2.05. The van der Waals surface area contributed by atoms with Gasteiger partial charge in [-0.15, -0.1) is 0 Å². The van der Waals surface area contributed by atoms with Gasteiger partial charge in [-0.05, 0) is 20.3 Å². The highest BCUT2D eigenvalue weighted by Gasteiger charge is 2.15. The summed E-state index contributed by atoms with van der Waals surface area (Å²) in [6, 6.07) is -0.0738. The lowest BCUT2D eigenvalue weighted by Crippen LogP contribution is -2.11. The summed E-state index contributed by atoms with van der Waals surface area (Å²) in [5, 5.41) is 3.77. The van der Waals surface area contributed by atoms with Gasteiger partial charge in [0.05, 0.1) is 6.20 Å². The summed E-state index contributed by atoms with van der Waals surface area (Å²) in [5.41, 5.74) is 0.932. The summed E-state index contributed by atoms with van der Waals surface area (Å²) in [7, 11) is 0. The largest absolute Gasteiger partial charge is 0.444 e. The molecule has 0 aromatic carbocycles. The Labute approximate surface area is 117 Å². The van der Waals surface area contributed by atoms with Crippen LogP contribution in [-0.4, -0.2) is 15.0 Å². The van der Waals surface area contributed by atoms with Crippen LogP contribution in [0, 0.1) is 6.92 Å². The number of aromatic nitrogens is 3. The van der Waals surface area contributed by atoms with Crippen LogP contribution >= 0.6 is 11.6 Å². The summed E-state index contributed by atoms with van der Waals surface area (Å²) < 4.78 is 5.50. The summed E-state index contributed by atoms with van der Waals surface area (Å²) in [4.78, 5) is 12.5. The SMILES string of the molecule is CCCc1c(Cl)ncnc1NC(C)c1ncc(C)o1. The lowest BCUT2D eigenvalue weighted by molar-refractivity contribution is 0.453. The van der Waals surface area contributed by atoms with Crippen molar-refractivity contribution in [3.05, 3.63) is 34.9 Å². The van der Waals surface area contributed by atoms with Crippen molar-refractivity contribution >= 4 is 17.4 Å². The topological polar surface area (TPSA) is 63.8 Å². The van der Waals surface area contributed by atoms with E-state index in [0.717, 1.165) is 30.0 Å². The van der Waals surface area contributed by atoms with E-state index in [0.29, 0.717) is 11.0 Å². The molecule has 2 rings (SSSR count). The standard InChI is InChI=1S/C13H17ClN4O/c1-4-5-10-11(14)16-7-17-12(10)18-9(3)13-15-6-8(2)19-13/h6-7,9H,4-5H2,1-3H3,(H,16,17,18). The maximum Gasteiger partial charge on any atom is 0.216 e. The van der Waals surface area contributed by atoms with Crippen molar-refractivity contribution in [1.29, 1.82) is 0 Å². The molecule has 19 heavy (non-hydrogen) atoms. The third-order valence-electron chi connectivity index (χ3n) is 2.76. The van der Waals surface area contributed by atoms with E-state index in [1.807, 2.05) is 13.8 Å². The minimum absolute atomic E-state index is 0.0738. The predicted octanol–water partition coefficient (Wildman–Crippen LogP) is 3.55. The Bertz CT molecular complexity index is 555. The van der Waals surface area contributed by atoms with E-state index in [9.17, 15) is 0 Å². The van der Waals surface area contributed by atoms with Crippen LogP contribution in [0.2, 0.25) is 5.15 Å². The van der Waals surface area contributed by atoms with Gasteiger partial charge in [-0.1, -0.05) is 24.9 Å². The van der Waals surface area contributed by atoms with Gasteiger partial charge in [-0.3, -0.25) is 0 Å². The molecule has 0 aliphatic heterocycles. The van der Waals surface area contributed by atoms with Gasteiger partial charge in [0.15, 0.2) is 0 Å². The van der Waals surface area contributed by atoms with Gasteiger partial charge in [0, 0.05) is 5.56 Å².